The fourth-order valence-electron chi connectivity index (χ4n) is 5.95. The molecule has 198 valence electrons. The molecule has 4 rings (SSSR count). The average Bonchev–Trinajstić information content (AvgIpc) is 2.88. The van der Waals surface area contributed by atoms with Crippen molar-refractivity contribution in [2.24, 2.45) is 11.8 Å². The van der Waals surface area contributed by atoms with Crippen molar-refractivity contribution >= 4 is 17.7 Å². The number of nitrogens with zero attached hydrogens (tertiary/aromatic N) is 1. The molecule has 2 aliphatic rings. The molecule has 3 atom stereocenters. The predicted molar refractivity (Wildman–Crippen MR) is 146 cm³/mol. The SMILES string of the molecule is CC/C=C/C[C@@]12CC[C@@H](OC(=O)OCC(C)C)CC1CCc1cc(C(=O)Nc3cccnc3C)ccc12. The number of pyridine rings is 1. The van der Waals surface area contributed by atoms with Crippen molar-refractivity contribution in [3.63, 3.8) is 0 Å². The van der Waals surface area contributed by atoms with Gasteiger partial charge in [-0.2, -0.15) is 0 Å². The summed E-state index contributed by atoms with van der Waals surface area (Å²) in [5, 5.41) is 3.01. The van der Waals surface area contributed by atoms with Crippen molar-refractivity contribution in [3.05, 3.63) is 71.1 Å². The minimum atomic E-state index is -0.548. The van der Waals surface area contributed by atoms with E-state index in [1.807, 2.05) is 39.0 Å². The molecule has 1 fully saturated rings. The first-order valence-corrected chi connectivity index (χ1v) is 13.7. The maximum atomic E-state index is 13.1. The molecule has 2 aromatic rings. The fourth-order valence-corrected chi connectivity index (χ4v) is 5.95. The minimum Gasteiger partial charge on any atom is -0.434 e. The van der Waals surface area contributed by atoms with Gasteiger partial charge in [-0.15, -0.1) is 0 Å². The molecule has 0 aliphatic heterocycles. The van der Waals surface area contributed by atoms with Gasteiger partial charge in [0.2, 0.25) is 0 Å². The number of amides is 1. The number of fused-ring (bicyclic) bond motifs is 3. The Morgan fingerprint density at radius 1 is 1.22 bits per heavy atom. The van der Waals surface area contributed by atoms with Crippen LogP contribution in [0.25, 0.3) is 0 Å². The third-order valence-electron chi connectivity index (χ3n) is 7.84. The van der Waals surface area contributed by atoms with Gasteiger partial charge >= 0.3 is 6.16 Å². The lowest BCUT2D eigenvalue weighted by molar-refractivity contribution is -0.0198. The molecule has 1 N–H and O–H groups in total. The summed E-state index contributed by atoms with van der Waals surface area (Å²) in [6.45, 7) is 8.45. The van der Waals surface area contributed by atoms with E-state index in [1.165, 1.54) is 11.1 Å². The van der Waals surface area contributed by atoms with Crippen LogP contribution in [-0.4, -0.2) is 29.8 Å². The van der Waals surface area contributed by atoms with E-state index >= 15 is 0 Å². The van der Waals surface area contributed by atoms with E-state index < -0.39 is 6.16 Å². The molecule has 37 heavy (non-hydrogen) atoms. The highest BCUT2D eigenvalue weighted by molar-refractivity contribution is 6.04. The number of anilines is 1. The van der Waals surface area contributed by atoms with Crippen LogP contribution in [0.15, 0.2) is 48.7 Å². The maximum absolute atomic E-state index is 13.1. The Hall–Kier alpha value is -3.15. The summed E-state index contributed by atoms with van der Waals surface area (Å²) < 4.78 is 11.0. The number of carbonyl (C=O) groups is 2. The van der Waals surface area contributed by atoms with Crippen molar-refractivity contribution in [2.75, 3.05) is 11.9 Å². The molecule has 1 unspecified atom stereocenters. The monoisotopic (exact) mass is 504 g/mol. The van der Waals surface area contributed by atoms with Gasteiger partial charge in [-0.25, -0.2) is 4.79 Å². The Labute approximate surface area is 220 Å². The lowest BCUT2D eigenvalue weighted by Crippen LogP contribution is -2.46. The predicted octanol–water partition coefficient (Wildman–Crippen LogP) is 7.16. The minimum absolute atomic E-state index is 0.00407. The number of aryl methyl sites for hydroxylation is 2. The van der Waals surface area contributed by atoms with Gasteiger partial charge in [-0.1, -0.05) is 39.0 Å². The molecule has 0 spiro atoms. The Balaban J connectivity index is 1.54. The van der Waals surface area contributed by atoms with Gasteiger partial charge < -0.3 is 14.8 Å². The number of hydrogen-bond acceptors (Lipinski definition) is 5. The molecule has 2 aliphatic carbocycles. The summed E-state index contributed by atoms with van der Waals surface area (Å²) in [4.78, 5) is 29.5. The molecule has 0 bridgehead atoms. The van der Waals surface area contributed by atoms with Crippen LogP contribution in [-0.2, 0) is 21.3 Å². The summed E-state index contributed by atoms with van der Waals surface area (Å²) in [5.74, 6) is 0.584. The van der Waals surface area contributed by atoms with Gasteiger partial charge in [0.05, 0.1) is 18.0 Å². The number of aromatic nitrogens is 1. The molecule has 1 heterocycles. The highest BCUT2D eigenvalue weighted by Crippen LogP contribution is 2.53. The van der Waals surface area contributed by atoms with Gasteiger partial charge in [0.25, 0.3) is 5.91 Å². The number of rotatable bonds is 8. The molecule has 1 amide bonds. The second kappa shape index (κ2) is 11.9. The van der Waals surface area contributed by atoms with Gasteiger partial charge in [-0.3, -0.25) is 9.78 Å². The zero-order valence-electron chi connectivity index (χ0n) is 22.6. The van der Waals surface area contributed by atoms with Crippen LogP contribution >= 0.6 is 0 Å². The normalized spacial score (nSPS) is 22.8. The second-order valence-corrected chi connectivity index (χ2v) is 10.9. The Morgan fingerprint density at radius 3 is 2.81 bits per heavy atom. The smallest absolute Gasteiger partial charge is 0.434 e. The van der Waals surface area contributed by atoms with E-state index in [1.54, 1.807) is 6.20 Å². The Kier molecular flexibility index (Phi) is 8.67. The zero-order valence-corrected chi connectivity index (χ0v) is 22.6. The summed E-state index contributed by atoms with van der Waals surface area (Å²) in [6.07, 6.45) is 12.1. The second-order valence-electron chi connectivity index (χ2n) is 10.9. The lowest BCUT2D eigenvalue weighted by atomic mass is 9.55. The highest BCUT2D eigenvalue weighted by Gasteiger charge is 2.47. The summed E-state index contributed by atoms with van der Waals surface area (Å²) in [5.41, 5.74) is 4.80. The van der Waals surface area contributed by atoms with Crippen LogP contribution in [0.5, 0.6) is 0 Å². The average molecular weight is 505 g/mol. The fraction of sp³-hybridized carbons (Fsp3) is 0.516. The number of ether oxygens (including phenoxy) is 2. The largest absolute Gasteiger partial charge is 0.508 e. The third-order valence-corrected chi connectivity index (χ3v) is 7.84. The van der Waals surface area contributed by atoms with E-state index in [2.05, 4.69) is 41.5 Å². The molecule has 0 saturated heterocycles. The molecule has 1 aromatic carbocycles. The van der Waals surface area contributed by atoms with Gasteiger partial charge in [-0.05, 0) is 99.1 Å². The quantitative estimate of drug-likeness (QED) is 0.305. The molecule has 6 nitrogen and oxygen atoms in total. The van der Waals surface area contributed by atoms with Crippen LogP contribution < -0.4 is 5.32 Å². The van der Waals surface area contributed by atoms with Crippen molar-refractivity contribution in [3.8, 4) is 0 Å². The number of allylic oxidation sites excluding steroid dienone is 2. The first kappa shape index (κ1) is 26.9. The molecular formula is C31H40N2O4. The summed E-state index contributed by atoms with van der Waals surface area (Å²) >= 11 is 0. The number of benzene rings is 1. The highest BCUT2D eigenvalue weighted by atomic mass is 16.7. The molecule has 0 radical (unpaired) electrons. The number of carbonyl (C=O) groups excluding carboxylic acids is 2. The lowest BCUT2D eigenvalue weighted by Gasteiger charge is -2.50. The van der Waals surface area contributed by atoms with Crippen LogP contribution in [0, 0.1) is 18.8 Å². The van der Waals surface area contributed by atoms with Crippen LogP contribution in [0.3, 0.4) is 0 Å². The van der Waals surface area contributed by atoms with Gasteiger partial charge in [0, 0.05) is 17.2 Å². The topological polar surface area (TPSA) is 77.5 Å². The van der Waals surface area contributed by atoms with E-state index in [0.29, 0.717) is 18.1 Å². The van der Waals surface area contributed by atoms with Crippen molar-refractivity contribution in [1.82, 2.24) is 4.98 Å². The molecule has 6 heteroatoms. The van der Waals surface area contributed by atoms with E-state index in [0.717, 1.165) is 56.3 Å². The molecule has 1 aromatic heterocycles. The number of nitrogens with one attached hydrogen (secondary N) is 1. The van der Waals surface area contributed by atoms with E-state index in [-0.39, 0.29) is 23.3 Å². The van der Waals surface area contributed by atoms with Crippen LogP contribution in [0.2, 0.25) is 0 Å². The van der Waals surface area contributed by atoms with Crippen molar-refractivity contribution < 1.29 is 19.1 Å². The van der Waals surface area contributed by atoms with E-state index in [9.17, 15) is 9.59 Å². The van der Waals surface area contributed by atoms with Gasteiger partial charge in [0.15, 0.2) is 0 Å². The summed E-state index contributed by atoms with van der Waals surface area (Å²) in [6, 6.07) is 9.90. The van der Waals surface area contributed by atoms with Crippen molar-refractivity contribution in [1.29, 1.82) is 0 Å². The Bertz CT molecular complexity index is 1140. The zero-order chi connectivity index (χ0) is 26.4. The van der Waals surface area contributed by atoms with Crippen LogP contribution in [0.1, 0.15) is 86.5 Å². The third kappa shape index (κ3) is 6.23. The van der Waals surface area contributed by atoms with Gasteiger partial charge in [0.1, 0.15) is 6.10 Å². The molecule has 1 saturated carbocycles. The molecular weight excluding hydrogens is 464 g/mol. The van der Waals surface area contributed by atoms with Crippen LogP contribution in [0.4, 0.5) is 10.5 Å². The standard InChI is InChI=1S/C31H40N2O4/c1-5-6-7-15-31-16-14-26(37-30(35)36-20-21(2)3)19-25(31)12-10-23-18-24(11-13-27(23)31)29(34)33-28-9-8-17-32-22(28)4/h6-9,11,13,17-18,21,25-26H,5,10,12,14-16,19-20H2,1-4H3,(H,33,34)/b7-6+/t25?,26-,31-/m1/s1. The van der Waals surface area contributed by atoms with E-state index in [4.69, 9.17) is 9.47 Å². The number of hydrogen-bond donors (Lipinski definition) is 1. The first-order chi connectivity index (χ1) is 17.8. The summed E-state index contributed by atoms with van der Waals surface area (Å²) in [7, 11) is 0. The first-order valence-electron chi connectivity index (χ1n) is 13.7. The maximum Gasteiger partial charge on any atom is 0.508 e. The Morgan fingerprint density at radius 2 is 2.05 bits per heavy atom. The van der Waals surface area contributed by atoms with Crippen molar-refractivity contribution in [2.45, 2.75) is 84.2 Å².